The Balaban J connectivity index is 1.82. The number of Topliss-reactive ketones (excluding diaryl/α,β-unsaturated/α-hetero) is 1. The van der Waals surface area contributed by atoms with E-state index in [1.165, 1.54) is 18.6 Å². The van der Waals surface area contributed by atoms with Crippen LogP contribution in [0.15, 0.2) is 48.9 Å². The molecule has 1 aromatic carbocycles. The van der Waals surface area contributed by atoms with Gasteiger partial charge in [-0.2, -0.15) is 0 Å². The molecule has 2 aromatic rings. The fourth-order valence-electron chi connectivity index (χ4n) is 4.42. The van der Waals surface area contributed by atoms with Crippen LogP contribution in [0.1, 0.15) is 56.6 Å². The highest BCUT2D eigenvalue weighted by molar-refractivity contribution is 6.49. The molecule has 1 saturated heterocycles. The third-order valence-electron chi connectivity index (χ3n) is 6.78. The van der Waals surface area contributed by atoms with E-state index in [2.05, 4.69) is 29.1 Å². The lowest BCUT2D eigenvalue weighted by Gasteiger charge is -2.35. The molecule has 1 fully saturated rings. The van der Waals surface area contributed by atoms with Gasteiger partial charge in [-0.3, -0.25) is 24.3 Å². The molecule has 198 valence electrons. The van der Waals surface area contributed by atoms with Crippen LogP contribution in [0.2, 0.25) is 5.82 Å². The van der Waals surface area contributed by atoms with E-state index >= 15 is 0 Å². The molecule has 0 bridgehead atoms. The summed E-state index contributed by atoms with van der Waals surface area (Å²) in [7, 11) is 1.02. The number of carbonyl (C=O) groups excluding carboxylic acids is 3. The number of amides is 1. The molecule has 1 N–H and O–H groups in total. The van der Waals surface area contributed by atoms with Gasteiger partial charge in [-0.15, -0.1) is 0 Å². The molecule has 9 nitrogen and oxygen atoms in total. The SMILES string of the molecule is CC(C)C[C@H](CC(=O)[C@H](Cc1ccccc1)NC(=O)c1cnccn1)B1OC[C@@H](C)N(C)[C@H](C)C(=O)O1. The average Bonchev–Trinajstić information content (AvgIpc) is 2.89. The molecule has 10 heteroatoms. The third-order valence-corrected chi connectivity index (χ3v) is 6.78. The number of ketones is 1. The zero-order chi connectivity index (χ0) is 26.9. The van der Waals surface area contributed by atoms with Crippen molar-refractivity contribution in [3.05, 3.63) is 60.2 Å². The Hall–Kier alpha value is -3.11. The molecule has 4 atom stereocenters. The van der Waals surface area contributed by atoms with Crippen LogP contribution in [0.4, 0.5) is 0 Å². The van der Waals surface area contributed by atoms with Crippen molar-refractivity contribution in [3.63, 3.8) is 0 Å². The fourth-order valence-corrected chi connectivity index (χ4v) is 4.42. The monoisotopic (exact) mass is 508 g/mol. The molecule has 3 rings (SSSR count). The molecular weight excluding hydrogens is 471 g/mol. The molecule has 1 aliphatic rings. The summed E-state index contributed by atoms with van der Waals surface area (Å²) in [6.45, 7) is 8.28. The number of hydrogen-bond acceptors (Lipinski definition) is 8. The summed E-state index contributed by atoms with van der Waals surface area (Å²) in [4.78, 5) is 49.3. The van der Waals surface area contributed by atoms with E-state index in [1.807, 2.05) is 56.1 Å². The molecule has 37 heavy (non-hydrogen) atoms. The van der Waals surface area contributed by atoms with Crippen LogP contribution in [0.3, 0.4) is 0 Å². The minimum atomic E-state index is -0.842. The highest BCUT2D eigenvalue weighted by atomic mass is 16.6. The third kappa shape index (κ3) is 8.20. The van der Waals surface area contributed by atoms with Crippen LogP contribution in [-0.4, -0.2) is 71.4 Å². The lowest BCUT2D eigenvalue weighted by molar-refractivity contribution is -0.144. The number of hydrogen-bond donors (Lipinski definition) is 1. The first-order valence-corrected chi connectivity index (χ1v) is 12.8. The average molecular weight is 508 g/mol. The highest BCUT2D eigenvalue weighted by Gasteiger charge is 2.41. The van der Waals surface area contributed by atoms with Crippen LogP contribution in [-0.2, 0) is 25.3 Å². The number of nitrogens with one attached hydrogen (secondary N) is 1. The van der Waals surface area contributed by atoms with Crippen molar-refractivity contribution in [2.45, 2.75) is 70.9 Å². The molecular formula is C27H37BN4O5. The second-order valence-electron chi connectivity index (χ2n) is 10.2. The van der Waals surface area contributed by atoms with Gasteiger partial charge in [0.05, 0.1) is 12.2 Å². The van der Waals surface area contributed by atoms with Gasteiger partial charge in [-0.25, -0.2) is 4.98 Å². The number of aromatic nitrogens is 2. The first kappa shape index (κ1) is 28.5. The summed E-state index contributed by atoms with van der Waals surface area (Å²) >= 11 is 0. The maximum absolute atomic E-state index is 13.7. The first-order valence-electron chi connectivity index (χ1n) is 12.8. The van der Waals surface area contributed by atoms with Gasteiger partial charge in [0.25, 0.3) is 5.91 Å². The Kier molecular flexibility index (Phi) is 10.3. The molecule has 2 heterocycles. The molecule has 1 amide bonds. The van der Waals surface area contributed by atoms with Gasteiger partial charge in [-0.05, 0) is 45.2 Å². The summed E-state index contributed by atoms with van der Waals surface area (Å²) in [5.74, 6) is -1.12. The predicted octanol–water partition coefficient (Wildman–Crippen LogP) is 2.96. The Morgan fingerprint density at radius 1 is 1.19 bits per heavy atom. The normalized spacial score (nSPS) is 20.5. The van der Waals surface area contributed by atoms with Crippen molar-refractivity contribution in [3.8, 4) is 0 Å². The Bertz CT molecular complexity index is 1040. The first-order chi connectivity index (χ1) is 17.7. The molecule has 0 radical (unpaired) electrons. The lowest BCUT2D eigenvalue weighted by atomic mass is 9.64. The van der Waals surface area contributed by atoms with Crippen LogP contribution < -0.4 is 5.32 Å². The Labute approximate surface area is 219 Å². The molecule has 0 spiro atoms. The number of benzene rings is 1. The molecule has 1 aromatic heterocycles. The van der Waals surface area contributed by atoms with Crippen molar-refractivity contribution in [2.75, 3.05) is 13.7 Å². The van der Waals surface area contributed by atoms with Gasteiger partial charge >= 0.3 is 13.1 Å². The maximum Gasteiger partial charge on any atom is 0.531 e. The van der Waals surface area contributed by atoms with E-state index in [1.54, 1.807) is 0 Å². The van der Waals surface area contributed by atoms with Crippen molar-refractivity contribution >= 4 is 24.8 Å². The minimum absolute atomic E-state index is 0.0119. The smallest absolute Gasteiger partial charge is 0.508 e. The number of nitrogens with zero attached hydrogens (tertiary/aromatic N) is 3. The summed E-state index contributed by atoms with van der Waals surface area (Å²) in [6.07, 6.45) is 5.31. The van der Waals surface area contributed by atoms with Crippen molar-refractivity contribution in [1.29, 1.82) is 0 Å². The summed E-state index contributed by atoms with van der Waals surface area (Å²) in [5.41, 5.74) is 1.05. The van der Waals surface area contributed by atoms with Gasteiger partial charge in [0.1, 0.15) is 11.7 Å². The van der Waals surface area contributed by atoms with E-state index in [4.69, 9.17) is 9.31 Å². The number of carbonyl (C=O) groups is 3. The summed E-state index contributed by atoms with van der Waals surface area (Å²) in [5, 5.41) is 2.85. The highest BCUT2D eigenvalue weighted by Crippen LogP contribution is 2.29. The van der Waals surface area contributed by atoms with E-state index in [9.17, 15) is 14.4 Å². The van der Waals surface area contributed by atoms with Crippen LogP contribution >= 0.6 is 0 Å². The van der Waals surface area contributed by atoms with Crippen molar-refractivity contribution < 1.29 is 23.7 Å². The fraction of sp³-hybridized carbons (Fsp3) is 0.519. The van der Waals surface area contributed by atoms with Gasteiger partial charge in [-0.1, -0.05) is 44.2 Å². The number of likely N-dealkylation sites (N-methyl/N-ethyl adjacent to an activating group) is 1. The van der Waals surface area contributed by atoms with Crippen LogP contribution in [0.5, 0.6) is 0 Å². The molecule has 0 aliphatic carbocycles. The Morgan fingerprint density at radius 3 is 2.57 bits per heavy atom. The number of rotatable bonds is 10. The quantitative estimate of drug-likeness (QED) is 0.488. The van der Waals surface area contributed by atoms with Crippen molar-refractivity contribution in [2.24, 2.45) is 5.92 Å². The van der Waals surface area contributed by atoms with Crippen LogP contribution in [0, 0.1) is 5.92 Å². The second kappa shape index (κ2) is 13.4. The second-order valence-corrected chi connectivity index (χ2v) is 10.2. The zero-order valence-electron chi connectivity index (χ0n) is 22.3. The topological polar surface area (TPSA) is 111 Å². The van der Waals surface area contributed by atoms with E-state index < -0.39 is 25.1 Å². The minimum Gasteiger partial charge on any atom is -0.508 e. The van der Waals surface area contributed by atoms with Gasteiger partial charge < -0.3 is 14.6 Å². The van der Waals surface area contributed by atoms with Gasteiger partial charge in [0.2, 0.25) is 0 Å². The standard InChI is InChI=1S/C27H37BN4O5/c1-18(2)13-22(28-36-17-19(3)32(5)20(4)27(35)37-28)15-25(33)23(14-21-9-7-6-8-10-21)31-26(34)24-16-29-11-12-30-24/h6-12,16,18-20,22-23H,13-15,17H2,1-5H3,(H,31,34)/t19-,20-,22-,23+/m1/s1. The summed E-state index contributed by atoms with van der Waals surface area (Å²) < 4.78 is 11.8. The van der Waals surface area contributed by atoms with E-state index in [-0.39, 0.29) is 41.6 Å². The molecule has 0 unspecified atom stereocenters. The molecule has 1 aliphatic heterocycles. The summed E-state index contributed by atoms with van der Waals surface area (Å²) in [6, 6.07) is 8.32. The van der Waals surface area contributed by atoms with Gasteiger partial charge in [0, 0.05) is 37.3 Å². The largest absolute Gasteiger partial charge is 0.531 e. The Morgan fingerprint density at radius 2 is 1.92 bits per heavy atom. The van der Waals surface area contributed by atoms with E-state index in [0.29, 0.717) is 19.4 Å². The van der Waals surface area contributed by atoms with Crippen LogP contribution in [0.25, 0.3) is 0 Å². The predicted molar refractivity (Wildman–Crippen MR) is 141 cm³/mol. The van der Waals surface area contributed by atoms with E-state index in [0.717, 1.165) is 5.56 Å². The molecule has 0 saturated carbocycles. The zero-order valence-corrected chi connectivity index (χ0v) is 22.3. The van der Waals surface area contributed by atoms with Gasteiger partial charge in [0.15, 0.2) is 5.78 Å². The maximum atomic E-state index is 13.7. The van der Waals surface area contributed by atoms with Crippen molar-refractivity contribution in [1.82, 2.24) is 20.2 Å². The lowest BCUT2D eigenvalue weighted by Crippen LogP contribution is -2.51.